The van der Waals surface area contributed by atoms with Crippen LogP contribution in [0.1, 0.15) is 335 Å². The van der Waals surface area contributed by atoms with Crippen molar-refractivity contribution in [2.75, 3.05) is 13.2 Å². The molecular formula is C66H123NO5. The molecule has 0 aromatic heterocycles. The van der Waals surface area contributed by atoms with Crippen LogP contribution in [0.5, 0.6) is 0 Å². The number of nitrogens with one attached hydrogen (secondary N) is 1. The van der Waals surface area contributed by atoms with Crippen LogP contribution < -0.4 is 5.32 Å². The summed E-state index contributed by atoms with van der Waals surface area (Å²) in [5.41, 5.74) is 0. The largest absolute Gasteiger partial charge is 0.466 e. The Labute approximate surface area is 448 Å². The molecule has 6 heteroatoms. The number of allylic oxidation sites excluding steroid dienone is 8. The first-order chi connectivity index (χ1) is 35.5. The summed E-state index contributed by atoms with van der Waals surface area (Å²) in [6, 6.07) is -0.588. The van der Waals surface area contributed by atoms with Crippen molar-refractivity contribution in [3.63, 3.8) is 0 Å². The molecule has 6 nitrogen and oxygen atoms in total. The smallest absolute Gasteiger partial charge is 0.305 e. The van der Waals surface area contributed by atoms with Crippen LogP contribution >= 0.6 is 0 Å². The Bertz CT molecular complexity index is 1210. The van der Waals surface area contributed by atoms with Crippen LogP contribution in [0.15, 0.2) is 48.6 Å². The topological polar surface area (TPSA) is 95.9 Å². The maximum Gasteiger partial charge on any atom is 0.305 e. The Morgan fingerprint density at radius 3 is 1.11 bits per heavy atom. The van der Waals surface area contributed by atoms with Crippen LogP contribution in [0.2, 0.25) is 0 Å². The third kappa shape index (κ3) is 57.1. The zero-order valence-electron chi connectivity index (χ0n) is 48.2. The first kappa shape index (κ1) is 69.8. The molecule has 0 saturated heterocycles. The fourth-order valence-corrected chi connectivity index (χ4v) is 9.72. The second-order valence-electron chi connectivity index (χ2n) is 21.7. The number of carbonyl (C=O) groups is 2. The van der Waals surface area contributed by atoms with Crippen LogP contribution in [0.3, 0.4) is 0 Å². The average molecular weight is 1010 g/mol. The lowest BCUT2D eigenvalue weighted by molar-refractivity contribution is -0.143. The number of unbranched alkanes of at least 4 members (excludes halogenated alkanes) is 40. The van der Waals surface area contributed by atoms with Gasteiger partial charge in [-0.25, -0.2) is 0 Å². The summed E-state index contributed by atoms with van der Waals surface area (Å²) in [5, 5.41) is 23.3. The lowest BCUT2D eigenvalue weighted by Gasteiger charge is -2.22. The van der Waals surface area contributed by atoms with E-state index >= 15 is 0 Å². The summed E-state index contributed by atoms with van der Waals surface area (Å²) < 4.78 is 5.48. The number of amides is 1. The van der Waals surface area contributed by atoms with E-state index in [1.807, 2.05) is 6.08 Å². The van der Waals surface area contributed by atoms with Gasteiger partial charge in [0.05, 0.1) is 25.4 Å². The molecule has 0 radical (unpaired) electrons. The van der Waals surface area contributed by atoms with E-state index in [0.29, 0.717) is 32.3 Å². The standard InChI is InChI=1S/C66H123NO5/c1-3-5-7-9-11-13-15-17-19-21-23-24-25-26-28-29-31-34-38-42-46-50-54-58-64(69)63(62-68)67-65(70)59-55-51-47-43-39-35-33-37-41-45-49-53-57-61-72-66(71)60-56-52-48-44-40-36-32-30-27-22-20-18-16-14-12-10-8-6-4-2/h12,14,18,20,35,39,47,51,63-64,68-69H,3-11,13,15-17,19,21-34,36-38,40-46,48-50,52-62H2,1-2H3,(H,67,70)/b14-12-,20-18-,39-35-,51-47-. The SMILES string of the molecule is CCCCC/C=C\C/C=C\CCCCCCCCCCCC(=O)OCCCCCCCC/C=C\C/C=C\CCC(=O)NC(CO)C(O)CCCCCCCCCCCCCCCCCCCCCCCCC. The van der Waals surface area contributed by atoms with Gasteiger partial charge in [0.2, 0.25) is 5.91 Å². The van der Waals surface area contributed by atoms with E-state index < -0.39 is 12.1 Å². The van der Waals surface area contributed by atoms with Crippen molar-refractivity contribution in [3.05, 3.63) is 48.6 Å². The lowest BCUT2D eigenvalue weighted by atomic mass is 10.0. The van der Waals surface area contributed by atoms with Gasteiger partial charge in [0.25, 0.3) is 0 Å². The minimum absolute atomic E-state index is 0.0203. The molecule has 422 valence electrons. The molecule has 0 saturated carbocycles. The number of hydrogen-bond acceptors (Lipinski definition) is 5. The molecule has 0 aromatic carbocycles. The van der Waals surface area contributed by atoms with E-state index in [-0.39, 0.29) is 18.5 Å². The Kier molecular flexibility index (Phi) is 59.5. The molecule has 2 atom stereocenters. The molecule has 0 aliphatic heterocycles. The summed E-state index contributed by atoms with van der Waals surface area (Å²) >= 11 is 0. The highest BCUT2D eigenvalue weighted by atomic mass is 16.5. The van der Waals surface area contributed by atoms with E-state index in [1.54, 1.807) is 0 Å². The molecule has 2 unspecified atom stereocenters. The van der Waals surface area contributed by atoms with Gasteiger partial charge >= 0.3 is 5.97 Å². The van der Waals surface area contributed by atoms with Crippen LogP contribution in [-0.4, -0.2) is 47.4 Å². The Morgan fingerprint density at radius 1 is 0.389 bits per heavy atom. The van der Waals surface area contributed by atoms with E-state index in [9.17, 15) is 19.8 Å². The average Bonchev–Trinajstić information content (AvgIpc) is 3.38. The van der Waals surface area contributed by atoms with Gasteiger partial charge in [-0.05, 0) is 77.0 Å². The van der Waals surface area contributed by atoms with Crippen LogP contribution in [0.25, 0.3) is 0 Å². The highest BCUT2D eigenvalue weighted by Gasteiger charge is 2.20. The third-order valence-corrected chi connectivity index (χ3v) is 14.6. The number of aliphatic hydroxyl groups is 2. The summed E-state index contributed by atoms with van der Waals surface area (Å²) in [6.45, 7) is 4.88. The molecule has 0 bridgehead atoms. The van der Waals surface area contributed by atoms with Crippen molar-refractivity contribution >= 4 is 11.9 Å². The zero-order valence-corrected chi connectivity index (χ0v) is 48.2. The minimum Gasteiger partial charge on any atom is -0.466 e. The van der Waals surface area contributed by atoms with Crippen molar-refractivity contribution in [2.45, 2.75) is 347 Å². The first-order valence-corrected chi connectivity index (χ1v) is 31.9. The highest BCUT2D eigenvalue weighted by Crippen LogP contribution is 2.18. The van der Waals surface area contributed by atoms with Gasteiger partial charge in [-0.3, -0.25) is 9.59 Å². The summed E-state index contributed by atoms with van der Waals surface area (Å²) in [7, 11) is 0. The Balaban J connectivity index is 3.52. The van der Waals surface area contributed by atoms with Gasteiger partial charge in [0.15, 0.2) is 0 Å². The fraction of sp³-hybridized carbons (Fsp3) is 0.848. The van der Waals surface area contributed by atoms with E-state index in [4.69, 9.17) is 4.74 Å². The second kappa shape index (κ2) is 61.4. The number of aliphatic hydroxyl groups excluding tert-OH is 2. The zero-order chi connectivity index (χ0) is 52.2. The van der Waals surface area contributed by atoms with Crippen molar-refractivity contribution in [1.82, 2.24) is 5.32 Å². The van der Waals surface area contributed by atoms with Crippen molar-refractivity contribution in [1.29, 1.82) is 0 Å². The first-order valence-electron chi connectivity index (χ1n) is 31.9. The van der Waals surface area contributed by atoms with Gasteiger partial charge in [-0.2, -0.15) is 0 Å². The molecule has 0 aliphatic carbocycles. The molecule has 0 aliphatic rings. The van der Waals surface area contributed by atoms with E-state index in [0.717, 1.165) is 57.8 Å². The number of esters is 1. The molecule has 0 aromatic rings. The van der Waals surface area contributed by atoms with Gasteiger partial charge in [0, 0.05) is 12.8 Å². The van der Waals surface area contributed by atoms with Crippen LogP contribution in [-0.2, 0) is 14.3 Å². The molecular weight excluding hydrogens is 887 g/mol. The molecule has 0 fully saturated rings. The van der Waals surface area contributed by atoms with Crippen molar-refractivity contribution < 1.29 is 24.5 Å². The maximum atomic E-state index is 12.5. The third-order valence-electron chi connectivity index (χ3n) is 14.6. The van der Waals surface area contributed by atoms with Gasteiger partial charge < -0.3 is 20.3 Å². The summed E-state index contributed by atoms with van der Waals surface area (Å²) in [5.74, 6) is -0.134. The molecule has 1 amide bonds. The number of ether oxygens (including phenoxy) is 1. The van der Waals surface area contributed by atoms with Crippen molar-refractivity contribution in [3.8, 4) is 0 Å². The Morgan fingerprint density at radius 2 is 0.708 bits per heavy atom. The number of rotatable bonds is 59. The van der Waals surface area contributed by atoms with Gasteiger partial charge in [-0.1, -0.05) is 294 Å². The van der Waals surface area contributed by atoms with Crippen LogP contribution in [0.4, 0.5) is 0 Å². The van der Waals surface area contributed by atoms with E-state index in [1.165, 1.54) is 238 Å². The molecule has 3 N–H and O–H groups in total. The fourth-order valence-electron chi connectivity index (χ4n) is 9.72. The molecule has 72 heavy (non-hydrogen) atoms. The summed E-state index contributed by atoms with van der Waals surface area (Å²) in [6.07, 6.45) is 78.5. The van der Waals surface area contributed by atoms with Crippen molar-refractivity contribution in [2.24, 2.45) is 0 Å². The number of hydrogen-bond donors (Lipinski definition) is 3. The van der Waals surface area contributed by atoms with Gasteiger partial charge in [-0.15, -0.1) is 0 Å². The second-order valence-corrected chi connectivity index (χ2v) is 21.7. The Hall–Kier alpha value is -2.18. The normalized spacial score (nSPS) is 12.9. The van der Waals surface area contributed by atoms with Crippen LogP contribution in [0, 0.1) is 0 Å². The molecule has 0 spiro atoms. The lowest BCUT2D eigenvalue weighted by Crippen LogP contribution is -2.45. The van der Waals surface area contributed by atoms with Gasteiger partial charge in [0.1, 0.15) is 0 Å². The monoisotopic (exact) mass is 1010 g/mol. The number of carbonyl (C=O) groups excluding carboxylic acids is 2. The predicted molar refractivity (Wildman–Crippen MR) is 315 cm³/mol. The maximum absolute atomic E-state index is 12.5. The summed E-state index contributed by atoms with van der Waals surface area (Å²) in [4.78, 5) is 24.6. The highest BCUT2D eigenvalue weighted by molar-refractivity contribution is 5.76. The van der Waals surface area contributed by atoms with E-state index in [2.05, 4.69) is 61.7 Å². The minimum atomic E-state index is -0.702. The predicted octanol–water partition coefficient (Wildman–Crippen LogP) is 20.1. The quantitative estimate of drug-likeness (QED) is 0.0320. The molecule has 0 heterocycles. The molecule has 0 rings (SSSR count).